The fraction of sp³-hybridized carbons (Fsp3) is 0.259. The Morgan fingerprint density at radius 2 is 1.91 bits per heavy atom. The van der Waals surface area contributed by atoms with E-state index in [4.69, 9.17) is 16.0 Å². The number of aryl methyl sites for hydroxylation is 1. The predicted octanol–water partition coefficient (Wildman–Crippen LogP) is 6.36. The van der Waals surface area contributed by atoms with Gasteiger partial charge < -0.3 is 14.6 Å². The van der Waals surface area contributed by atoms with Gasteiger partial charge in [-0.3, -0.25) is 4.79 Å². The van der Waals surface area contributed by atoms with Gasteiger partial charge in [-0.05, 0) is 70.3 Å². The lowest BCUT2D eigenvalue weighted by Crippen LogP contribution is -2.13. The van der Waals surface area contributed by atoms with Crippen LogP contribution in [-0.4, -0.2) is 24.0 Å². The van der Waals surface area contributed by atoms with E-state index in [1.165, 1.54) is 0 Å². The first kappa shape index (κ1) is 23.0. The Labute approximate surface area is 199 Å². The Balaban J connectivity index is 1.85. The van der Waals surface area contributed by atoms with Crippen molar-refractivity contribution in [2.24, 2.45) is 0 Å². The summed E-state index contributed by atoms with van der Waals surface area (Å²) in [6.45, 7) is 6.68. The third kappa shape index (κ3) is 4.95. The van der Waals surface area contributed by atoms with Crippen LogP contribution in [0.25, 0.3) is 22.3 Å². The van der Waals surface area contributed by atoms with Crippen molar-refractivity contribution in [2.75, 3.05) is 19.4 Å². The van der Waals surface area contributed by atoms with Gasteiger partial charge in [0.2, 0.25) is 0 Å². The molecule has 1 atom stereocenters. The van der Waals surface area contributed by atoms with E-state index >= 15 is 0 Å². The first-order valence-electron chi connectivity index (χ1n) is 10.9. The number of rotatable bonds is 6. The molecule has 2 aromatic heterocycles. The van der Waals surface area contributed by atoms with Gasteiger partial charge in [-0.25, -0.2) is 4.98 Å². The number of nitrogens with zero attached hydrogens (tertiary/aromatic N) is 2. The molecule has 0 saturated heterocycles. The zero-order valence-corrected chi connectivity index (χ0v) is 20.3. The van der Waals surface area contributed by atoms with Crippen molar-refractivity contribution in [2.45, 2.75) is 33.4 Å². The lowest BCUT2D eigenvalue weighted by molar-refractivity contribution is 0.402. The summed E-state index contributed by atoms with van der Waals surface area (Å²) in [6.07, 6.45) is 1.69. The van der Waals surface area contributed by atoms with E-state index in [0.717, 1.165) is 34.5 Å². The summed E-state index contributed by atoms with van der Waals surface area (Å²) in [5.41, 5.74) is 6.04. The number of fused-ring (bicyclic) bond motifs is 1. The molecule has 5 nitrogen and oxygen atoms in total. The minimum atomic E-state index is -0.117. The van der Waals surface area contributed by atoms with Crippen LogP contribution in [-0.2, 0) is 6.54 Å². The second-order valence-electron chi connectivity index (χ2n) is 8.79. The highest BCUT2D eigenvalue weighted by atomic mass is 35.5. The monoisotopic (exact) mass is 461 g/mol. The van der Waals surface area contributed by atoms with Crippen LogP contribution in [0.5, 0.6) is 0 Å². The van der Waals surface area contributed by atoms with Crippen LogP contribution in [0.3, 0.4) is 0 Å². The smallest absolute Gasteiger partial charge is 0.196 e. The Morgan fingerprint density at radius 3 is 2.61 bits per heavy atom. The maximum Gasteiger partial charge on any atom is 0.196 e. The van der Waals surface area contributed by atoms with Crippen LogP contribution < -0.4 is 10.7 Å². The molecule has 6 heteroatoms. The van der Waals surface area contributed by atoms with Crippen LogP contribution >= 0.6 is 11.6 Å². The molecule has 33 heavy (non-hydrogen) atoms. The third-order valence-corrected chi connectivity index (χ3v) is 5.88. The zero-order chi connectivity index (χ0) is 23.7. The predicted molar refractivity (Wildman–Crippen MR) is 136 cm³/mol. The van der Waals surface area contributed by atoms with Gasteiger partial charge in [0, 0.05) is 23.2 Å². The molecule has 0 amide bonds. The van der Waals surface area contributed by atoms with Crippen LogP contribution in [0.2, 0.25) is 5.15 Å². The number of benzene rings is 2. The van der Waals surface area contributed by atoms with E-state index in [9.17, 15) is 4.79 Å². The fourth-order valence-electron chi connectivity index (χ4n) is 4.13. The fourth-order valence-corrected chi connectivity index (χ4v) is 4.24. The Bertz CT molecular complexity index is 1360. The van der Waals surface area contributed by atoms with Gasteiger partial charge in [-0.1, -0.05) is 35.9 Å². The molecule has 1 N–H and O–H groups in total. The second-order valence-corrected chi connectivity index (χ2v) is 9.18. The SMILES string of the molecule is Cc1cc([C@@H](C)Nc2ccc(Cl)nc2)c2oc(-c3cccc(CN(C)C)c3)c(C)c(=O)c2c1. The molecule has 4 aromatic rings. The van der Waals surface area contributed by atoms with E-state index in [1.807, 2.05) is 59.1 Å². The summed E-state index contributed by atoms with van der Waals surface area (Å²) in [4.78, 5) is 19.6. The molecule has 2 aromatic carbocycles. The van der Waals surface area contributed by atoms with Crippen molar-refractivity contribution in [1.82, 2.24) is 9.88 Å². The van der Waals surface area contributed by atoms with Gasteiger partial charge >= 0.3 is 0 Å². The van der Waals surface area contributed by atoms with E-state index in [-0.39, 0.29) is 11.5 Å². The first-order chi connectivity index (χ1) is 15.7. The molecule has 0 saturated carbocycles. The number of anilines is 1. The maximum atomic E-state index is 13.4. The van der Waals surface area contributed by atoms with E-state index in [2.05, 4.69) is 33.4 Å². The van der Waals surface area contributed by atoms with Gasteiger partial charge in [-0.15, -0.1) is 0 Å². The number of nitrogens with one attached hydrogen (secondary N) is 1. The van der Waals surface area contributed by atoms with Crippen molar-refractivity contribution in [3.05, 3.63) is 92.4 Å². The number of aromatic nitrogens is 1. The number of pyridine rings is 1. The Kier molecular flexibility index (Phi) is 6.54. The van der Waals surface area contributed by atoms with Crippen LogP contribution in [0.1, 0.15) is 35.2 Å². The molecule has 0 aliphatic heterocycles. The highest BCUT2D eigenvalue weighted by molar-refractivity contribution is 6.29. The molecule has 4 rings (SSSR count). The van der Waals surface area contributed by atoms with Gasteiger partial charge in [0.1, 0.15) is 16.5 Å². The summed E-state index contributed by atoms with van der Waals surface area (Å²) in [6, 6.07) is 15.6. The molecule has 0 aliphatic carbocycles. The van der Waals surface area contributed by atoms with Gasteiger partial charge in [-0.2, -0.15) is 0 Å². The number of hydrogen-bond donors (Lipinski definition) is 1. The summed E-state index contributed by atoms with van der Waals surface area (Å²) in [7, 11) is 4.07. The summed E-state index contributed by atoms with van der Waals surface area (Å²) in [5, 5.41) is 4.48. The molecule has 0 bridgehead atoms. The summed E-state index contributed by atoms with van der Waals surface area (Å²) >= 11 is 5.92. The quantitative estimate of drug-likeness (QED) is 0.338. The van der Waals surface area contributed by atoms with Crippen molar-refractivity contribution >= 4 is 28.3 Å². The van der Waals surface area contributed by atoms with Crippen LogP contribution in [0.4, 0.5) is 5.69 Å². The summed E-state index contributed by atoms with van der Waals surface area (Å²) < 4.78 is 6.49. The highest BCUT2D eigenvalue weighted by Gasteiger charge is 2.19. The van der Waals surface area contributed by atoms with E-state index in [1.54, 1.807) is 12.3 Å². The molecule has 170 valence electrons. The Hall–Kier alpha value is -3.15. The van der Waals surface area contributed by atoms with Crippen molar-refractivity contribution in [3.63, 3.8) is 0 Å². The van der Waals surface area contributed by atoms with Crippen LogP contribution in [0.15, 0.2) is 63.9 Å². The average Bonchev–Trinajstić information content (AvgIpc) is 2.77. The zero-order valence-electron chi connectivity index (χ0n) is 19.6. The molecular weight excluding hydrogens is 434 g/mol. The number of hydrogen-bond acceptors (Lipinski definition) is 5. The maximum absolute atomic E-state index is 13.4. The number of halogens is 1. The van der Waals surface area contributed by atoms with E-state index in [0.29, 0.717) is 27.4 Å². The van der Waals surface area contributed by atoms with Gasteiger partial charge in [0.25, 0.3) is 0 Å². The summed E-state index contributed by atoms with van der Waals surface area (Å²) in [5.74, 6) is 0.610. The second kappa shape index (κ2) is 9.38. The van der Waals surface area contributed by atoms with Gasteiger partial charge in [0.15, 0.2) is 5.43 Å². The minimum absolute atomic E-state index is 0.00503. The van der Waals surface area contributed by atoms with Gasteiger partial charge in [0.05, 0.1) is 23.3 Å². The molecule has 0 fully saturated rings. The highest BCUT2D eigenvalue weighted by Crippen LogP contribution is 2.32. The van der Waals surface area contributed by atoms with Crippen molar-refractivity contribution in [1.29, 1.82) is 0 Å². The largest absolute Gasteiger partial charge is 0.455 e. The first-order valence-corrected chi connectivity index (χ1v) is 11.3. The topological polar surface area (TPSA) is 58.4 Å². The molecule has 0 radical (unpaired) electrons. The normalized spacial score (nSPS) is 12.3. The van der Waals surface area contributed by atoms with E-state index < -0.39 is 0 Å². The lowest BCUT2D eigenvalue weighted by atomic mass is 9.98. The molecule has 0 spiro atoms. The van der Waals surface area contributed by atoms with Crippen LogP contribution in [0, 0.1) is 13.8 Å². The minimum Gasteiger partial charge on any atom is -0.455 e. The average molecular weight is 462 g/mol. The standard InChI is InChI=1S/C27H28ClN3O2/c1-16-11-22(18(3)30-21-9-10-24(28)29-14-21)27-23(12-16)25(32)17(2)26(33-27)20-8-6-7-19(13-20)15-31(4)5/h6-14,18,30H,15H2,1-5H3/t18-/m1/s1. The molecule has 0 unspecified atom stereocenters. The third-order valence-electron chi connectivity index (χ3n) is 5.66. The Morgan fingerprint density at radius 1 is 1.12 bits per heavy atom. The molecular formula is C27H28ClN3O2. The molecule has 2 heterocycles. The van der Waals surface area contributed by atoms with Crippen molar-refractivity contribution < 1.29 is 4.42 Å². The molecule has 0 aliphatic rings. The van der Waals surface area contributed by atoms with Crippen molar-refractivity contribution in [3.8, 4) is 11.3 Å². The lowest BCUT2D eigenvalue weighted by Gasteiger charge is -2.19.